The monoisotopic (exact) mass is 318 g/mol. The molecule has 0 aromatic heterocycles. The van der Waals surface area contributed by atoms with E-state index in [4.69, 9.17) is 4.74 Å². The molecule has 1 rings (SSSR count). The van der Waals surface area contributed by atoms with Crippen LogP contribution in [0.3, 0.4) is 0 Å². The first-order valence-electron chi connectivity index (χ1n) is 6.83. The number of nitrogens with one attached hydrogen (secondary N) is 2. The maximum Gasteiger partial charge on any atom is 0.241 e. The third kappa shape index (κ3) is 5.35. The van der Waals surface area contributed by atoms with Crippen molar-refractivity contribution in [2.24, 2.45) is 0 Å². The van der Waals surface area contributed by atoms with Gasteiger partial charge in [-0.1, -0.05) is 0 Å². The van der Waals surface area contributed by atoms with Gasteiger partial charge in [-0.2, -0.15) is 0 Å². The predicted octanol–water partition coefficient (Wildman–Crippen LogP) is 1.56. The van der Waals surface area contributed by atoms with Gasteiger partial charge in [-0.25, -0.2) is 17.5 Å². The Kier molecular flexibility index (Phi) is 6.73. The lowest BCUT2D eigenvalue weighted by Gasteiger charge is -2.13. The molecule has 0 aliphatic carbocycles. The van der Waals surface area contributed by atoms with Crippen molar-refractivity contribution in [2.75, 3.05) is 20.2 Å². The van der Waals surface area contributed by atoms with Gasteiger partial charge in [-0.15, -0.1) is 0 Å². The fourth-order valence-electron chi connectivity index (χ4n) is 1.84. The molecule has 0 radical (unpaired) electrons. The third-order valence-corrected chi connectivity index (χ3v) is 4.46. The van der Waals surface area contributed by atoms with Crippen molar-refractivity contribution in [1.82, 2.24) is 10.0 Å². The van der Waals surface area contributed by atoms with E-state index < -0.39 is 15.8 Å². The van der Waals surface area contributed by atoms with Gasteiger partial charge in [0.2, 0.25) is 10.0 Å². The van der Waals surface area contributed by atoms with E-state index >= 15 is 0 Å². The van der Waals surface area contributed by atoms with Crippen LogP contribution in [0.2, 0.25) is 0 Å². The molecular weight excluding hydrogens is 295 g/mol. The fraction of sp³-hybridized carbons (Fsp3) is 0.571. The van der Waals surface area contributed by atoms with Gasteiger partial charge in [0.25, 0.3) is 0 Å². The zero-order chi connectivity index (χ0) is 16.0. The average Bonchev–Trinajstić information content (AvgIpc) is 2.38. The Morgan fingerprint density at radius 2 is 2.00 bits per heavy atom. The lowest BCUT2D eigenvalue weighted by molar-refractivity contribution is 0.0834. The van der Waals surface area contributed by atoms with Gasteiger partial charge in [0.15, 0.2) is 0 Å². The molecule has 0 heterocycles. The van der Waals surface area contributed by atoms with E-state index in [2.05, 4.69) is 10.0 Å². The minimum atomic E-state index is -3.75. The van der Waals surface area contributed by atoms with Crippen LogP contribution in [0.25, 0.3) is 0 Å². The summed E-state index contributed by atoms with van der Waals surface area (Å²) >= 11 is 0. The van der Waals surface area contributed by atoms with Crippen LogP contribution in [0.1, 0.15) is 25.0 Å². The van der Waals surface area contributed by atoms with Crippen molar-refractivity contribution in [3.05, 3.63) is 29.1 Å². The van der Waals surface area contributed by atoms with Crippen molar-refractivity contribution in [3.8, 4) is 0 Å². The first kappa shape index (κ1) is 18.0. The molecular formula is C14H23FN2O3S. The van der Waals surface area contributed by atoms with Crippen LogP contribution in [0.15, 0.2) is 17.0 Å². The molecule has 21 heavy (non-hydrogen) atoms. The smallest absolute Gasteiger partial charge is 0.241 e. The molecule has 0 atom stereocenters. The number of ether oxygens (including phenoxy) is 1. The number of rotatable bonds is 8. The van der Waals surface area contributed by atoms with Crippen LogP contribution in [-0.2, 0) is 21.3 Å². The normalized spacial score (nSPS) is 12.1. The number of hydrogen-bond acceptors (Lipinski definition) is 4. The van der Waals surface area contributed by atoms with E-state index in [1.54, 1.807) is 7.05 Å². The molecule has 1 aromatic rings. The molecule has 0 aliphatic heterocycles. The Morgan fingerprint density at radius 1 is 1.33 bits per heavy atom. The predicted molar refractivity (Wildman–Crippen MR) is 80.2 cm³/mol. The molecule has 1 aromatic carbocycles. The lowest BCUT2D eigenvalue weighted by Crippen LogP contribution is -2.29. The van der Waals surface area contributed by atoms with Gasteiger partial charge in [-0.05, 0) is 45.5 Å². The van der Waals surface area contributed by atoms with Gasteiger partial charge in [-0.3, -0.25) is 0 Å². The zero-order valence-corrected chi connectivity index (χ0v) is 13.7. The zero-order valence-electron chi connectivity index (χ0n) is 12.9. The maximum atomic E-state index is 13.8. The first-order valence-corrected chi connectivity index (χ1v) is 8.31. The highest BCUT2D eigenvalue weighted by Gasteiger charge is 2.19. The molecule has 0 fully saturated rings. The Bertz CT molecular complexity index is 574. The summed E-state index contributed by atoms with van der Waals surface area (Å²) in [5, 5.41) is 2.87. The molecule has 0 amide bonds. The van der Waals surface area contributed by atoms with Crippen molar-refractivity contribution < 1.29 is 17.5 Å². The minimum Gasteiger partial charge on any atom is -0.377 e. The van der Waals surface area contributed by atoms with E-state index in [1.807, 2.05) is 13.8 Å². The van der Waals surface area contributed by atoms with E-state index in [9.17, 15) is 12.8 Å². The standard InChI is InChI=1S/C14H23FN2O3S/c1-10(2)20-6-5-17-21(18,19)14-8-12(9-16-4)7-13(15)11(14)3/h7-8,10,16-17H,5-6,9H2,1-4H3. The van der Waals surface area contributed by atoms with Gasteiger partial charge in [0.05, 0.1) is 17.6 Å². The highest BCUT2D eigenvalue weighted by Crippen LogP contribution is 2.20. The largest absolute Gasteiger partial charge is 0.377 e. The van der Waals surface area contributed by atoms with E-state index in [0.717, 1.165) is 0 Å². The summed E-state index contributed by atoms with van der Waals surface area (Å²) in [4.78, 5) is -0.0303. The van der Waals surface area contributed by atoms with Gasteiger partial charge in [0, 0.05) is 18.7 Å². The van der Waals surface area contributed by atoms with Crippen LogP contribution >= 0.6 is 0 Å². The summed E-state index contributed by atoms with van der Waals surface area (Å²) in [5.74, 6) is -0.526. The highest BCUT2D eigenvalue weighted by atomic mass is 32.2. The van der Waals surface area contributed by atoms with Gasteiger partial charge < -0.3 is 10.1 Å². The molecule has 0 spiro atoms. The molecule has 5 nitrogen and oxygen atoms in total. The van der Waals surface area contributed by atoms with Crippen LogP contribution in [0.4, 0.5) is 4.39 Å². The molecule has 0 aliphatic rings. The molecule has 2 N–H and O–H groups in total. The van der Waals surface area contributed by atoms with Crippen LogP contribution in [0, 0.1) is 12.7 Å². The number of benzene rings is 1. The molecule has 0 saturated heterocycles. The topological polar surface area (TPSA) is 67.4 Å². The maximum absolute atomic E-state index is 13.8. The summed E-state index contributed by atoms with van der Waals surface area (Å²) in [6.07, 6.45) is 0.0349. The van der Waals surface area contributed by atoms with Crippen molar-refractivity contribution in [1.29, 1.82) is 0 Å². The number of sulfonamides is 1. The summed E-state index contributed by atoms with van der Waals surface area (Å²) < 4.78 is 46.1. The second-order valence-electron chi connectivity index (χ2n) is 5.05. The molecule has 0 saturated carbocycles. The average molecular weight is 318 g/mol. The Labute approximate surface area is 125 Å². The van der Waals surface area contributed by atoms with E-state index in [-0.39, 0.29) is 29.7 Å². The first-order chi connectivity index (χ1) is 9.77. The molecule has 120 valence electrons. The van der Waals surface area contributed by atoms with Crippen molar-refractivity contribution in [3.63, 3.8) is 0 Å². The molecule has 7 heteroatoms. The minimum absolute atomic E-state index is 0.0303. The summed E-state index contributed by atoms with van der Waals surface area (Å²) in [7, 11) is -2.03. The van der Waals surface area contributed by atoms with Crippen molar-refractivity contribution in [2.45, 2.75) is 38.3 Å². The Balaban J connectivity index is 2.91. The van der Waals surface area contributed by atoms with Crippen LogP contribution in [0.5, 0.6) is 0 Å². The van der Waals surface area contributed by atoms with Crippen LogP contribution < -0.4 is 10.0 Å². The summed E-state index contributed by atoms with van der Waals surface area (Å²) in [6, 6.07) is 2.83. The highest BCUT2D eigenvalue weighted by molar-refractivity contribution is 7.89. The van der Waals surface area contributed by atoms with E-state index in [0.29, 0.717) is 12.1 Å². The SMILES string of the molecule is CNCc1cc(F)c(C)c(S(=O)(=O)NCCOC(C)C)c1. The van der Waals surface area contributed by atoms with Crippen LogP contribution in [-0.4, -0.2) is 34.7 Å². The summed E-state index contributed by atoms with van der Waals surface area (Å²) in [6.45, 7) is 6.02. The number of halogens is 1. The quantitative estimate of drug-likeness (QED) is 0.714. The number of hydrogen-bond donors (Lipinski definition) is 2. The lowest BCUT2D eigenvalue weighted by atomic mass is 10.1. The Hall–Kier alpha value is -1.02. The fourth-order valence-corrected chi connectivity index (χ4v) is 3.16. The van der Waals surface area contributed by atoms with E-state index in [1.165, 1.54) is 19.1 Å². The summed E-state index contributed by atoms with van der Waals surface area (Å²) in [5.41, 5.74) is 0.700. The van der Waals surface area contributed by atoms with Gasteiger partial charge >= 0.3 is 0 Å². The van der Waals surface area contributed by atoms with Crippen molar-refractivity contribution >= 4 is 10.0 Å². The second-order valence-corrected chi connectivity index (χ2v) is 6.78. The second kappa shape index (κ2) is 7.84. The van der Waals surface area contributed by atoms with Gasteiger partial charge in [0.1, 0.15) is 5.82 Å². The Morgan fingerprint density at radius 3 is 2.57 bits per heavy atom. The third-order valence-electron chi connectivity index (χ3n) is 2.87. The molecule has 0 bridgehead atoms. The molecule has 0 unspecified atom stereocenters.